The lowest BCUT2D eigenvalue weighted by Gasteiger charge is -2.31. The number of nitrogens with one attached hydrogen (secondary N) is 1. The number of carbonyl (C=O) groups is 1. The number of para-hydroxylation sites is 1. The molecule has 1 amide bonds. The second-order valence-electron chi connectivity index (χ2n) is 7.79. The molecular formula is C26H27ClN2OS. The molecule has 0 unspecified atom stereocenters. The molecule has 0 saturated carbocycles. The number of aryl methyl sites for hydroxylation is 1. The van der Waals surface area contributed by atoms with Crippen molar-refractivity contribution in [2.24, 2.45) is 0 Å². The van der Waals surface area contributed by atoms with Gasteiger partial charge in [-0.3, -0.25) is 4.79 Å². The van der Waals surface area contributed by atoms with Crippen LogP contribution in [0, 0.1) is 0 Å². The quantitative estimate of drug-likeness (QED) is 0.430. The molecule has 1 aliphatic heterocycles. The predicted molar refractivity (Wildman–Crippen MR) is 132 cm³/mol. The Bertz CT molecular complexity index is 1000. The van der Waals surface area contributed by atoms with Gasteiger partial charge in [0.05, 0.1) is 0 Å². The lowest BCUT2D eigenvalue weighted by Crippen LogP contribution is -2.29. The molecular weight excluding hydrogens is 424 g/mol. The van der Waals surface area contributed by atoms with Gasteiger partial charge < -0.3 is 10.2 Å². The number of halogens is 1. The highest BCUT2D eigenvalue weighted by Crippen LogP contribution is 2.28. The van der Waals surface area contributed by atoms with Crippen LogP contribution in [0.15, 0.2) is 72.8 Å². The van der Waals surface area contributed by atoms with Crippen LogP contribution in [0.5, 0.6) is 0 Å². The average molecular weight is 451 g/mol. The molecule has 0 aliphatic carbocycles. The van der Waals surface area contributed by atoms with Crippen molar-refractivity contribution in [1.82, 2.24) is 5.32 Å². The Hall–Kier alpha value is -2.43. The number of benzene rings is 3. The smallest absolute Gasteiger partial charge is 0.251 e. The Balaban J connectivity index is 1.23. The lowest BCUT2D eigenvalue weighted by atomic mass is 10.0. The number of thioether (sulfide) groups is 1. The molecule has 0 fully saturated rings. The Morgan fingerprint density at radius 2 is 1.71 bits per heavy atom. The monoisotopic (exact) mass is 450 g/mol. The maximum atomic E-state index is 12.4. The second kappa shape index (κ2) is 10.7. The molecule has 3 aromatic rings. The number of hydrogen-bond donors (Lipinski definition) is 1. The molecule has 0 saturated heterocycles. The molecule has 4 rings (SSSR count). The first-order valence-corrected chi connectivity index (χ1v) is 12.2. The summed E-state index contributed by atoms with van der Waals surface area (Å²) in [5.74, 6) is 1.78. The lowest BCUT2D eigenvalue weighted by molar-refractivity contribution is 0.0956. The van der Waals surface area contributed by atoms with E-state index in [1.54, 1.807) is 11.8 Å². The van der Waals surface area contributed by atoms with Crippen molar-refractivity contribution < 1.29 is 4.79 Å². The van der Waals surface area contributed by atoms with Gasteiger partial charge in [0.2, 0.25) is 0 Å². The van der Waals surface area contributed by atoms with E-state index in [1.165, 1.54) is 28.8 Å². The number of amides is 1. The van der Waals surface area contributed by atoms with Crippen molar-refractivity contribution in [3.63, 3.8) is 0 Å². The van der Waals surface area contributed by atoms with E-state index in [1.807, 2.05) is 36.4 Å². The normalized spacial score (nSPS) is 13.0. The summed E-state index contributed by atoms with van der Waals surface area (Å²) in [5.41, 5.74) is 5.95. The van der Waals surface area contributed by atoms with Crippen LogP contribution in [0.2, 0.25) is 5.02 Å². The van der Waals surface area contributed by atoms with Gasteiger partial charge in [0.15, 0.2) is 0 Å². The third-order valence-corrected chi connectivity index (χ3v) is 6.79. The van der Waals surface area contributed by atoms with Crippen molar-refractivity contribution in [2.75, 3.05) is 23.7 Å². The van der Waals surface area contributed by atoms with Crippen LogP contribution in [-0.4, -0.2) is 24.7 Å². The minimum Gasteiger partial charge on any atom is -0.367 e. The first kappa shape index (κ1) is 21.8. The Kier molecular flexibility index (Phi) is 7.55. The zero-order chi connectivity index (χ0) is 21.5. The van der Waals surface area contributed by atoms with Crippen LogP contribution in [0.1, 0.15) is 33.5 Å². The van der Waals surface area contributed by atoms with Crippen LogP contribution < -0.4 is 10.2 Å². The van der Waals surface area contributed by atoms with E-state index < -0.39 is 0 Å². The molecule has 0 atom stereocenters. The molecule has 31 heavy (non-hydrogen) atoms. The van der Waals surface area contributed by atoms with Gasteiger partial charge in [-0.25, -0.2) is 0 Å². The van der Waals surface area contributed by atoms with Crippen molar-refractivity contribution >= 4 is 35.0 Å². The van der Waals surface area contributed by atoms with Gasteiger partial charge in [0, 0.05) is 47.4 Å². The number of fused-ring (bicyclic) bond motifs is 1. The summed E-state index contributed by atoms with van der Waals surface area (Å²) in [6.45, 7) is 2.61. The highest BCUT2D eigenvalue weighted by Gasteiger charge is 2.16. The molecule has 3 nitrogen and oxygen atoms in total. The summed E-state index contributed by atoms with van der Waals surface area (Å²) in [4.78, 5) is 14.9. The zero-order valence-corrected chi connectivity index (χ0v) is 19.1. The molecule has 0 aromatic heterocycles. The Morgan fingerprint density at radius 3 is 2.52 bits per heavy atom. The minimum absolute atomic E-state index is 0.0121. The molecule has 0 spiro atoms. The highest BCUT2D eigenvalue weighted by molar-refractivity contribution is 7.98. The Morgan fingerprint density at radius 1 is 0.968 bits per heavy atom. The van der Waals surface area contributed by atoms with E-state index in [0.29, 0.717) is 12.1 Å². The summed E-state index contributed by atoms with van der Waals surface area (Å²) in [7, 11) is 0. The maximum Gasteiger partial charge on any atom is 0.251 e. The molecule has 0 bridgehead atoms. The number of rotatable bonds is 8. The Labute approximate surface area is 193 Å². The van der Waals surface area contributed by atoms with Gasteiger partial charge in [-0.15, -0.1) is 0 Å². The van der Waals surface area contributed by atoms with E-state index in [9.17, 15) is 4.79 Å². The number of carbonyl (C=O) groups excluding carboxylic acids is 1. The van der Waals surface area contributed by atoms with E-state index in [2.05, 4.69) is 46.6 Å². The topological polar surface area (TPSA) is 32.3 Å². The molecule has 0 radical (unpaired) electrons. The van der Waals surface area contributed by atoms with E-state index in [-0.39, 0.29) is 5.91 Å². The van der Waals surface area contributed by atoms with Gasteiger partial charge in [0.25, 0.3) is 5.91 Å². The van der Waals surface area contributed by atoms with Gasteiger partial charge in [-0.05, 0) is 59.9 Å². The summed E-state index contributed by atoms with van der Waals surface area (Å²) in [5, 5.41) is 3.77. The van der Waals surface area contributed by atoms with Crippen LogP contribution >= 0.6 is 23.4 Å². The van der Waals surface area contributed by atoms with Crippen LogP contribution in [0.3, 0.4) is 0 Å². The first-order valence-electron chi connectivity index (χ1n) is 10.7. The fourth-order valence-electron chi connectivity index (χ4n) is 3.87. The molecule has 1 N–H and O–H groups in total. The van der Waals surface area contributed by atoms with Gasteiger partial charge in [-0.1, -0.05) is 54.1 Å². The van der Waals surface area contributed by atoms with Crippen molar-refractivity contribution in [2.45, 2.75) is 25.1 Å². The first-order chi connectivity index (χ1) is 15.2. The fraction of sp³-hybridized carbons (Fsp3) is 0.269. The van der Waals surface area contributed by atoms with Gasteiger partial charge in [0.1, 0.15) is 0 Å². The van der Waals surface area contributed by atoms with E-state index in [0.717, 1.165) is 36.0 Å². The van der Waals surface area contributed by atoms with E-state index in [4.69, 9.17) is 11.6 Å². The summed E-state index contributed by atoms with van der Waals surface area (Å²) in [6.07, 6.45) is 2.34. The molecule has 5 heteroatoms. The second-order valence-corrected chi connectivity index (χ2v) is 9.33. The number of hydrogen-bond acceptors (Lipinski definition) is 3. The maximum absolute atomic E-state index is 12.4. The van der Waals surface area contributed by atoms with Gasteiger partial charge >= 0.3 is 0 Å². The summed E-state index contributed by atoms with van der Waals surface area (Å²) < 4.78 is 0. The molecule has 160 valence electrons. The SMILES string of the molecule is O=C(NCCSCc1ccc(Cl)cc1)c1ccc(CN2CCCc3ccccc32)cc1. The molecule has 3 aromatic carbocycles. The standard InChI is InChI=1S/C26H27ClN2OS/c27-24-13-9-21(10-14-24)19-31-17-15-28-26(30)23-11-7-20(8-12-23)18-29-16-3-5-22-4-1-2-6-25(22)29/h1-2,4,6-14H,3,5,15-19H2,(H,28,30). The third-order valence-electron chi connectivity index (χ3n) is 5.51. The zero-order valence-electron chi connectivity index (χ0n) is 17.5. The largest absolute Gasteiger partial charge is 0.367 e. The fourth-order valence-corrected chi connectivity index (χ4v) is 4.81. The molecule has 1 heterocycles. The van der Waals surface area contributed by atoms with Crippen molar-refractivity contribution in [3.05, 3.63) is 100 Å². The predicted octanol–water partition coefficient (Wildman–Crippen LogP) is 5.96. The van der Waals surface area contributed by atoms with Crippen molar-refractivity contribution in [3.8, 4) is 0 Å². The average Bonchev–Trinajstić information content (AvgIpc) is 2.81. The van der Waals surface area contributed by atoms with Crippen LogP contribution in [0.4, 0.5) is 5.69 Å². The molecule has 1 aliphatic rings. The number of nitrogens with zero attached hydrogens (tertiary/aromatic N) is 1. The third kappa shape index (κ3) is 6.05. The summed E-state index contributed by atoms with van der Waals surface area (Å²) >= 11 is 7.71. The number of anilines is 1. The van der Waals surface area contributed by atoms with Gasteiger partial charge in [-0.2, -0.15) is 11.8 Å². The van der Waals surface area contributed by atoms with Crippen LogP contribution in [0.25, 0.3) is 0 Å². The van der Waals surface area contributed by atoms with Crippen molar-refractivity contribution in [1.29, 1.82) is 0 Å². The van der Waals surface area contributed by atoms with Crippen LogP contribution in [-0.2, 0) is 18.7 Å². The van der Waals surface area contributed by atoms with E-state index >= 15 is 0 Å². The highest BCUT2D eigenvalue weighted by atomic mass is 35.5. The summed E-state index contributed by atoms with van der Waals surface area (Å²) in [6, 6.07) is 24.6. The minimum atomic E-state index is -0.0121.